The number of benzene rings is 1. The number of hydrogen-bond acceptors (Lipinski definition) is 5. The van der Waals surface area contributed by atoms with E-state index in [2.05, 4.69) is 15.3 Å². The second-order valence-corrected chi connectivity index (χ2v) is 6.58. The van der Waals surface area contributed by atoms with E-state index in [1.165, 1.54) is 0 Å². The predicted octanol–water partition coefficient (Wildman–Crippen LogP) is 0.775. The fraction of sp³-hybridized carbons (Fsp3) is 0.444. The summed E-state index contributed by atoms with van der Waals surface area (Å²) in [6.07, 6.45) is 0.808. The molecule has 7 nitrogen and oxygen atoms in total. The number of likely N-dealkylation sites (tertiary alicyclic amines) is 1. The van der Waals surface area contributed by atoms with E-state index in [0.717, 1.165) is 11.0 Å². The van der Waals surface area contributed by atoms with E-state index in [1.807, 2.05) is 24.3 Å². The van der Waals surface area contributed by atoms with Gasteiger partial charge in [-0.25, -0.2) is 9.97 Å². The van der Waals surface area contributed by atoms with Gasteiger partial charge in [0.15, 0.2) is 0 Å². The lowest BCUT2D eigenvalue weighted by Crippen LogP contribution is -2.33. The van der Waals surface area contributed by atoms with Gasteiger partial charge in [-0.3, -0.25) is 9.59 Å². The monoisotopic (exact) mass is 340 g/mol. The van der Waals surface area contributed by atoms with Crippen molar-refractivity contribution >= 4 is 22.8 Å². The smallest absolute Gasteiger partial charge is 0.235 e. The van der Waals surface area contributed by atoms with Gasteiger partial charge in [0.25, 0.3) is 0 Å². The SMILES string of the molecule is COc1nc2ccccc2nc1CCC(=O)N1C[C@@H]2CNC(=O)[C@@H]2C1. The van der Waals surface area contributed by atoms with Crippen LogP contribution in [0.5, 0.6) is 5.88 Å². The van der Waals surface area contributed by atoms with Gasteiger partial charge < -0.3 is 15.0 Å². The molecule has 0 radical (unpaired) electrons. The first kappa shape index (κ1) is 15.8. The van der Waals surface area contributed by atoms with Crippen molar-refractivity contribution in [3.8, 4) is 5.88 Å². The summed E-state index contributed by atoms with van der Waals surface area (Å²) in [5, 5.41) is 2.86. The van der Waals surface area contributed by atoms with Crippen LogP contribution in [0, 0.1) is 11.8 Å². The lowest BCUT2D eigenvalue weighted by molar-refractivity contribution is -0.130. The number of fused-ring (bicyclic) bond motifs is 2. The van der Waals surface area contributed by atoms with Gasteiger partial charge in [0.05, 0.1) is 24.1 Å². The third kappa shape index (κ3) is 2.90. The third-order valence-electron chi connectivity index (χ3n) is 5.04. The van der Waals surface area contributed by atoms with Crippen LogP contribution < -0.4 is 10.1 Å². The summed E-state index contributed by atoms with van der Waals surface area (Å²) in [7, 11) is 1.56. The summed E-state index contributed by atoms with van der Waals surface area (Å²) in [5.41, 5.74) is 2.25. The predicted molar refractivity (Wildman–Crippen MR) is 91.0 cm³/mol. The van der Waals surface area contributed by atoms with Crippen LogP contribution in [0.25, 0.3) is 11.0 Å². The summed E-state index contributed by atoms with van der Waals surface area (Å²) in [4.78, 5) is 35.1. The Hall–Kier alpha value is -2.70. The maximum Gasteiger partial charge on any atom is 0.235 e. The van der Waals surface area contributed by atoms with Crippen molar-refractivity contribution in [3.63, 3.8) is 0 Å². The first-order valence-corrected chi connectivity index (χ1v) is 8.51. The van der Waals surface area contributed by atoms with Crippen LogP contribution in [0.2, 0.25) is 0 Å². The van der Waals surface area contributed by atoms with Crippen LogP contribution in [0.1, 0.15) is 12.1 Å². The second-order valence-electron chi connectivity index (χ2n) is 6.58. The van der Waals surface area contributed by atoms with Crippen LogP contribution in [-0.2, 0) is 16.0 Å². The minimum absolute atomic E-state index is 0.0426. The Morgan fingerprint density at radius 3 is 2.76 bits per heavy atom. The van der Waals surface area contributed by atoms with Crippen molar-refractivity contribution in [1.29, 1.82) is 0 Å². The molecule has 2 amide bonds. The standard InChI is InChI=1S/C18H20N4O3/c1-25-18-15(20-13-4-2-3-5-14(13)21-18)6-7-16(23)22-9-11-8-19-17(24)12(11)10-22/h2-5,11-12H,6-10H2,1H3,(H,19,24)/t11-,12+/m0/s1. The highest BCUT2D eigenvalue weighted by molar-refractivity contribution is 5.84. The van der Waals surface area contributed by atoms with Crippen molar-refractivity contribution in [2.24, 2.45) is 11.8 Å². The van der Waals surface area contributed by atoms with Gasteiger partial charge in [-0.2, -0.15) is 0 Å². The summed E-state index contributed by atoms with van der Waals surface area (Å²) in [5.74, 6) is 0.802. The van der Waals surface area contributed by atoms with Crippen LogP contribution in [0.15, 0.2) is 24.3 Å². The van der Waals surface area contributed by atoms with Gasteiger partial charge in [0.1, 0.15) is 5.69 Å². The largest absolute Gasteiger partial charge is 0.480 e. The Morgan fingerprint density at radius 1 is 1.28 bits per heavy atom. The average Bonchev–Trinajstić information content (AvgIpc) is 3.21. The quantitative estimate of drug-likeness (QED) is 0.889. The fourth-order valence-electron chi connectivity index (χ4n) is 3.67. The van der Waals surface area contributed by atoms with Crippen LogP contribution in [0.3, 0.4) is 0 Å². The molecule has 0 spiro atoms. The fourth-order valence-corrected chi connectivity index (χ4v) is 3.67. The maximum absolute atomic E-state index is 12.5. The number of methoxy groups -OCH3 is 1. The molecule has 4 rings (SSSR count). The molecule has 0 aliphatic carbocycles. The zero-order chi connectivity index (χ0) is 17.4. The number of aromatic nitrogens is 2. The molecule has 0 saturated carbocycles. The molecule has 7 heteroatoms. The number of hydrogen-bond donors (Lipinski definition) is 1. The number of amides is 2. The number of aryl methyl sites for hydroxylation is 1. The molecule has 2 aliphatic heterocycles. The van der Waals surface area contributed by atoms with E-state index >= 15 is 0 Å². The highest BCUT2D eigenvalue weighted by Gasteiger charge is 2.43. The van der Waals surface area contributed by atoms with Crippen LogP contribution in [0.4, 0.5) is 0 Å². The van der Waals surface area contributed by atoms with Gasteiger partial charge in [-0.15, -0.1) is 0 Å². The molecule has 2 fully saturated rings. The van der Waals surface area contributed by atoms with Gasteiger partial charge in [0.2, 0.25) is 17.7 Å². The average molecular weight is 340 g/mol. The first-order valence-electron chi connectivity index (χ1n) is 8.51. The maximum atomic E-state index is 12.5. The zero-order valence-corrected chi connectivity index (χ0v) is 14.1. The molecule has 2 aliphatic rings. The van der Waals surface area contributed by atoms with E-state index in [1.54, 1.807) is 12.0 Å². The first-order chi connectivity index (χ1) is 12.2. The Balaban J connectivity index is 1.45. The molecule has 25 heavy (non-hydrogen) atoms. The van der Waals surface area contributed by atoms with E-state index in [-0.39, 0.29) is 23.7 Å². The molecule has 2 atom stereocenters. The number of carbonyl (C=O) groups is 2. The molecule has 1 N–H and O–H groups in total. The molecule has 130 valence electrons. The molecule has 2 saturated heterocycles. The van der Waals surface area contributed by atoms with Gasteiger partial charge in [0, 0.05) is 38.4 Å². The normalized spacial score (nSPS) is 22.1. The number of carbonyl (C=O) groups excluding carboxylic acids is 2. The molecule has 2 aromatic rings. The number of nitrogens with one attached hydrogen (secondary N) is 1. The topological polar surface area (TPSA) is 84.4 Å². The minimum Gasteiger partial charge on any atom is -0.480 e. The molecule has 3 heterocycles. The van der Waals surface area contributed by atoms with E-state index in [9.17, 15) is 9.59 Å². The van der Waals surface area contributed by atoms with E-state index < -0.39 is 0 Å². The van der Waals surface area contributed by atoms with Crippen molar-refractivity contribution in [1.82, 2.24) is 20.2 Å². The highest BCUT2D eigenvalue weighted by atomic mass is 16.5. The number of para-hydroxylation sites is 2. The summed E-state index contributed by atoms with van der Waals surface area (Å²) in [6, 6.07) is 7.59. The van der Waals surface area contributed by atoms with E-state index in [4.69, 9.17) is 4.74 Å². The number of nitrogens with zero attached hydrogens (tertiary/aromatic N) is 3. The van der Waals surface area contributed by atoms with Crippen LogP contribution >= 0.6 is 0 Å². The number of ether oxygens (including phenoxy) is 1. The number of rotatable bonds is 4. The van der Waals surface area contributed by atoms with E-state index in [0.29, 0.717) is 44.0 Å². The van der Waals surface area contributed by atoms with Crippen molar-refractivity contribution in [2.75, 3.05) is 26.7 Å². The lowest BCUT2D eigenvalue weighted by atomic mass is 10.0. The molecule has 0 unspecified atom stereocenters. The third-order valence-corrected chi connectivity index (χ3v) is 5.04. The lowest BCUT2D eigenvalue weighted by Gasteiger charge is -2.17. The van der Waals surface area contributed by atoms with Gasteiger partial charge >= 0.3 is 0 Å². The Labute approximate surface area is 145 Å². The Morgan fingerprint density at radius 2 is 2.04 bits per heavy atom. The van der Waals surface area contributed by atoms with Crippen molar-refractivity contribution in [3.05, 3.63) is 30.0 Å². The zero-order valence-electron chi connectivity index (χ0n) is 14.1. The van der Waals surface area contributed by atoms with Crippen LogP contribution in [-0.4, -0.2) is 53.4 Å². The summed E-state index contributed by atoms with van der Waals surface area (Å²) >= 11 is 0. The molecular formula is C18H20N4O3. The van der Waals surface area contributed by atoms with Gasteiger partial charge in [-0.1, -0.05) is 12.1 Å². The molecular weight excluding hydrogens is 320 g/mol. The summed E-state index contributed by atoms with van der Waals surface area (Å²) in [6.45, 7) is 1.86. The minimum atomic E-state index is -0.0426. The summed E-state index contributed by atoms with van der Waals surface area (Å²) < 4.78 is 5.33. The Bertz CT molecular complexity index is 838. The highest BCUT2D eigenvalue weighted by Crippen LogP contribution is 2.28. The molecule has 1 aromatic carbocycles. The molecule has 0 bridgehead atoms. The van der Waals surface area contributed by atoms with Gasteiger partial charge in [-0.05, 0) is 12.1 Å². The van der Waals surface area contributed by atoms with Crippen molar-refractivity contribution in [2.45, 2.75) is 12.8 Å². The Kier molecular flexibility index (Phi) is 3.99. The second kappa shape index (κ2) is 6.31. The molecule has 1 aromatic heterocycles. The van der Waals surface area contributed by atoms with Crippen molar-refractivity contribution < 1.29 is 14.3 Å².